The second-order valence-electron chi connectivity index (χ2n) is 7.88. The van der Waals surface area contributed by atoms with Gasteiger partial charge in [-0.2, -0.15) is 0 Å². The van der Waals surface area contributed by atoms with Crippen LogP contribution in [-0.2, 0) is 25.8 Å². The molecule has 0 unspecified atom stereocenters. The Balaban J connectivity index is 2.12. The van der Waals surface area contributed by atoms with Gasteiger partial charge in [-0.15, -0.1) is 0 Å². The largest absolute Gasteiger partial charge is 0.456 e. The van der Waals surface area contributed by atoms with Crippen molar-refractivity contribution in [2.24, 2.45) is 0 Å². The molecule has 0 N–H and O–H groups in total. The fourth-order valence-corrected chi connectivity index (χ4v) is 5.44. The molecule has 30 heavy (non-hydrogen) atoms. The van der Waals surface area contributed by atoms with Gasteiger partial charge in [-0.3, -0.25) is 4.79 Å². The lowest BCUT2D eigenvalue weighted by Crippen LogP contribution is -2.21. The molecule has 0 aliphatic heterocycles. The molecule has 7 heteroatoms. The van der Waals surface area contributed by atoms with Gasteiger partial charge in [0.25, 0.3) is 0 Å². The lowest BCUT2D eigenvalue weighted by atomic mass is 9.93. The van der Waals surface area contributed by atoms with E-state index in [1.165, 1.54) is 13.0 Å². The van der Waals surface area contributed by atoms with Crippen LogP contribution in [0.1, 0.15) is 55.7 Å². The van der Waals surface area contributed by atoms with Crippen molar-refractivity contribution in [3.05, 3.63) is 65.1 Å². The predicted molar refractivity (Wildman–Crippen MR) is 113 cm³/mol. The van der Waals surface area contributed by atoms with Crippen LogP contribution < -0.4 is 0 Å². The Kier molecular flexibility index (Phi) is 5.18. The van der Waals surface area contributed by atoms with E-state index in [9.17, 15) is 17.6 Å². The van der Waals surface area contributed by atoms with Crippen molar-refractivity contribution in [1.29, 1.82) is 0 Å². The molecule has 0 bridgehead atoms. The zero-order valence-electron chi connectivity index (χ0n) is 17.2. The lowest BCUT2D eigenvalue weighted by Gasteiger charge is -2.28. The molecule has 1 aliphatic rings. The van der Waals surface area contributed by atoms with E-state index in [2.05, 4.69) is 0 Å². The van der Waals surface area contributed by atoms with E-state index in [0.29, 0.717) is 23.7 Å². The maximum atomic E-state index is 14.5. The molecule has 1 heterocycles. The van der Waals surface area contributed by atoms with Gasteiger partial charge < -0.3 is 9.30 Å². The highest BCUT2D eigenvalue weighted by Gasteiger charge is 2.34. The standard InChI is InChI=1S/C23H24FNO4S/c1-14(16-8-5-4-6-9-16)25-22-18(10-7-11-20(22)29-15(2)26)19-12-17(24)13-21(23(19)25)30(3,27)28/h4-6,8-9,12-14,20H,7,10-11H2,1-3H3/t14-,20+/m0/s1. The Morgan fingerprint density at radius 3 is 2.57 bits per heavy atom. The van der Waals surface area contributed by atoms with E-state index >= 15 is 0 Å². The Morgan fingerprint density at radius 2 is 1.93 bits per heavy atom. The number of sulfone groups is 1. The van der Waals surface area contributed by atoms with E-state index in [4.69, 9.17) is 4.74 Å². The summed E-state index contributed by atoms with van der Waals surface area (Å²) in [5.41, 5.74) is 3.07. The van der Waals surface area contributed by atoms with Crippen molar-refractivity contribution in [1.82, 2.24) is 4.57 Å². The van der Waals surface area contributed by atoms with E-state index in [0.717, 1.165) is 35.6 Å². The van der Waals surface area contributed by atoms with Gasteiger partial charge in [0.2, 0.25) is 0 Å². The summed E-state index contributed by atoms with van der Waals surface area (Å²) in [5, 5.41) is 0.574. The number of benzene rings is 2. The normalized spacial score (nSPS) is 17.5. The van der Waals surface area contributed by atoms with E-state index in [1.54, 1.807) is 0 Å². The third-order valence-corrected chi connectivity index (χ3v) is 6.86. The number of carbonyl (C=O) groups excluding carboxylic acids is 1. The maximum Gasteiger partial charge on any atom is 0.303 e. The van der Waals surface area contributed by atoms with Crippen LogP contribution in [0.2, 0.25) is 0 Å². The van der Waals surface area contributed by atoms with Gasteiger partial charge in [-0.05, 0) is 49.4 Å². The molecule has 4 rings (SSSR count). The number of carbonyl (C=O) groups is 1. The van der Waals surface area contributed by atoms with Crippen molar-refractivity contribution >= 4 is 26.7 Å². The quantitative estimate of drug-likeness (QED) is 0.562. The molecule has 0 amide bonds. The molecular formula is C23H24FNO4S. The summed E-state index contributed by atoms with van der Waals surface area (Å²) >= 11 is 0. The average Bonchev–Trinajstić information content (AvgIpc) is 3.01. The van der Waals surface area contributed by atoms with Crippen LogP contribution in [0.15, 0.2) is 47.4 Å². The minimum atomic E-state index is -3.70. The van der Waals surface area contributed by atoms with E-state index in [-0.39, 0.29) is 10.9 Å². The first-order chi connectivity index (χ1) is 14.2. The molecular weight excluding hydrogens is 405 g/mol. The van der Waals surface area contributed by atoms with Crippen LogP contribution in [-0.4, -0.2) is 25.2 Å². The summed E-state index contributed by atoms with van der Waals surface area (Å²) < 4.78 is 47.3. The third kappa shape index (κ3) is 3.51. The Morgan fingerprint density at radius 1 is 1.23 bits per heavy atom. The summed E-state index contributed by atoms with van der Waals surface area (Å²) in [5.74, 6) is -0.989. The predicted octanol–water partition coefficient (Wildman–Crippen LogP) is 4.73. The van der Waals surface area contributed by atoms with Crippen molar-refractivity contribution in [2.75, 3.05) is 6.26 Å². The first-order valence-corrected chi connectivity index (χ1v) is 11.9. The molecule has 1 aromatic heterocycles. The summed E-state index contributed by atoms with van der Waals surface area (Å²) in [4.78, 5) is 11.7. The van der Waals surface area contributed by atoms with Gasteiger partial charge in [0.05, 0.1) is 22.1 Å². The summed E-state index contributed by atoms with van der Waals surface area (Å²) in [6, 6.07) is 11.9. The van der Waals surface area contributed by atoms with Gasteiger partial charge in [0.15, 0.2) is 9.84 Å². The molecule has 0 radical (unpaired) electrons. The number of aromatic nitrogens is 1. The average molecular weight is 430 g/mol. The lowest BCUT2D eigenvalue weighted by molar-refractivity contribution is -0.147. The summed E-state index contributed by atoms with van der Waals surface area (Å²) in [7, 11) is -3.70. The zero-order chi connectivity index (χ0) is 21.6. The number of ether oxygens (including phenoxy) is 1. The topological polar surface area (TPSA) is 65.4 Å². The van der Waals surface area contributed by atoms with Gasteiger partial charge in [0.1, 0.15) is 11.9 Å². The second kappa shape index (κ2) is 7.54. The smallest absolute Gasteiger partial charge is 0.303 e. The van der Waals surface area contributed by atoms with Crippen LogP contribution in [0.3, 0.4) is 0 Å². The minimum Gasteiger partial charge on any atom is -0.456 e. The second-order valence-corrected chi connectivity index (χ2v) is 9.87. The van der Waals surface area contributed by atoms with Gasteiger partial charge in [-0.1, -0.05) is 30.3 Å². The molecule has 0 spiro atoms. The number of rotatable bonds is 4. The third-order valence-electron chi connectivity index (χ3n) is 5.75. The van der Waals surface area contributed by atoms with E-state index in [1.807, 2.05) is 41.8 Å². The van der Waals surface area contributed by atoms with Crippen LogP contribution in [0.25, 0.3) is 10.9 Å². The van der Waals surface area contributed by atoms with Crippen LogP contribution in [0, 0.1) is 5.82 Å². The molecule has 2 atom stereocenters. The monoisotopic (exact) mass is 429 g/mol. The van der Waals surface area contributed by atoms with E-state index < -0.39 is 27.7 Å². The van der Waals surface area contributed by atoms with Gasteiger partial charge in [0, 0.05) is 18.6 Å². The highest BCUT2D eigenvalue weighted by atomic mass is 32.2. The number of hydrogen-bond donors (Lipinski definition) is 0. The van der Waals surface area contributed by atoms with Crippen molar-refractivity contribution in [3.63, 3.8) is 0 Å². The van der Waals surface area contributed by atoms with Crippen molar-refractivity contribution in [3.8, 4) is 0 Å². The first-order valence-electron chi connectivity index (χ1n) is 9.97. The van der Waals surface area contributed by atoms with Crippen molar-refractivity contribution < 1.29 is 22.3 Å². The minimum absolute atomic E-state index is 0.0451. The highest BCUT2D eigenvalue weighted by Crippen LogP contribution is 2.44. The fraction of sp³-hybridized carbons (Fsp3) is 0.348. The number of halogens is 1. The highest BCUT2D eigenvalue weighted by molar-refractivity contribution is 7.91. The molecule has 0 fully saturated rings. The van der Waals surface area contributed by atoms with Crippen LogP contribution in [0.5, 0.6) is 0 Å². The van der Waals surface area contributed by atoms with Crippen LogP contribution >= 0.6 is 0 Å². The van der Waals surface area contributed by atoms with Gasteiger partial charge in [-0.25, -0.2) is 12.8 Å². The molecule has 158 valence electrons. The van der Waals surface area contributed by atoms with Crippen LogP contribution in [0.4, 0.5) is 4.39 Å². The van der Waals surface area contributed by atoms with Gasteiger partial charge >= 0.3 is 5.97 Å². The zero-order valence-corrected chi connectivity index (χ0v) is 18.0. The molecule has 0 saturated carbocycles. The summed E-state index contributed by atoms with van der Waals surface area (Å²) in [6.45, 7) is 3.34. The number of aryl methyl sites for hydroxylation is 1. The first kappa shape index (κ1) is 20.6. The molecule has 2 aromatic carbocycles. The number of fused-ring (bicyclic) bond motifs is 3. The van der Waals surface area contributed by atoms with Crippen molar-refractivity contribution in [2.45, 2.75) is 50.2 Å². The number of hydrogen-bond acceptors (Lipinski definition) is 4. The molecule has 1 aliphatic carbocycles. The Bertz CT molecular complexity index is 1230. The SMILES string of the molecule is CC(=O)O[C@@H]1CCCc2c1n([C@@H](C)c1ccccc1)c1c(S(C)(=O)=O)cc(F)cc21. The molecule has 3 aromatic rings. The maximum absolute atomic E-state index is 14.5. The number of nitrogens with zero attached hydrogens (tertiary/aromatic N) is 1. The Hall–Kier alpha value is -2.67. The molecule has 0 saturated heterocycles. The number of esters is 1. The fourth-order valence-electron chi connectivity index (χ4n) is 4.55. The summed E-state index contributed by atoms with van der Waals surface area (Å²) in [6.07, 6.45) is 2.68. The molecule has 5 nitrogen and oxygen atoms in total. The Labute approximate surface area is 175 Å².